The highest BCUT2D eigenvalue weighted by Gasteiger charge is 2.23. The molecule has 0 radical (unpaired) electrons. The van der Waals surface area contributed by atoms with Crippen LogP contribution in [0.25, 0.3) is 21.0 Å². The van der Waals surface area contributed by atoms with Gasteiger partial charge in [-0.1, -0.05) is 30.3 Å². The van der Waals surface area contributed by atoms with Crippen molar-refractivity contribution in [1.29, 1.82) is 0 Å². The summed E-state index contributed by atoms with van der Waals surface area (Å²) in [5, 5.41) is 14.5. The minimum absolute atomic E-state index is 0.427. The van der Waals surface area contributed by atoms with E-state index in [4.69, 9.17) is 9.94 Å². The number of amides is 2. The monoisotopic (exact) mass is 407 g/mol. The number of para-hydroxylation sites is 1. The fourth-order valence-electron chi connectivity index (χ4n) is 3.21. The fourth-order valence-corrected chi connectivity index (χ4v) is 4.09. The van der Waals surface area contributed by atoms with Crippen molar-refractivity contribution in [3.63, 3.8) is 0 Å². The molecule has 0 fully saturated rings. The average molecular weight is 407 g/mol. The van der Waals surface area contributed by atoms with Crippen LogP contribution < -0.4 is 15.5 Å². The van der Waals surface area contributed by atoms with Gasteiger partial charge in [-0.2, -0.15) is 0 Å². The average Bonchev–Trinajstić information content (AvgIpc) is 3.14. The van der Waals surface area contributed by atoms with Gasteiger partial charge < -0.3 is 10.1 Å². The molecule has 7 heteroatoms. The number of rotatable bonds is 5. The largest absolute Gasteiger partial charge is 0.486 e. The Morgan fingerprint density at radius 1 is 1.10 bits per heavy atom. The molecule has 2 amide bonds. The second kappa shape index (κ2) is 7.69. The van der Waals surface area contributed by atoms with Crippen LogP contribution in [-0.2, 0) is 12.1 Å². The molecule has 0 aliphatic rings. The zero-order valence-corrected chi connectivity index (χ0v) is 16.9. The van der Waals surface area contributed by atoms with Crippen molar-refractivity contribution in [1.82, 2.24) is 15.8 Å². The summed E-state index contributed by atoms with van der Waals surface area (Å²) in [5.74, 6) is 0.779. The minimum atomic E-state index is -0.645. The van der Waals surface area contributed by atoms with Crippen LogP contribution in [0, 0.1) is 0 Å². The van der Waals surface area contributed by atoms with Crippen LogP contribution in [0.15, 0.2) is 60.7 Å². The third-order valence-corrected chi connectivity index (χ3v) is 5.77. The Kier molecular flexibility index (Phi) is 5.08. The van der Waals surface area contributed by atoms with Crippen LogP contribution in [0.1, 0.15) is 24.4 Å². The van der Waals surface area contributed by atoms with Crippen molar-refractivity contribution in [3.05, 3.63) is 71.2 Å². The number of carbonyl (C=O) groups is 1. The maximum absolute atomic E-state index is 11.5. The Morgan fingerprint density at radius 3 is 2.66 bits per heavy atom. The minimum Gasteiger partial charge on any atom is -0.486 e. The molecule has 0 unspecified atom stereocenters. The smallest absolute Gasteiger partial charge is 0.339 e. The van der Waals surface area contributed by atoms with E-state index in [1.165, 1.54) is 0 Å². The summed E-state index contributed by atoms with van der Waals surface area (Å²) in [7, 11) is 0. The first-order valence-corrected chi connectivity index (χ1v) is 10.00. The molecular formula is C22H21N3O3S. The number of hydroxylamine groups is 1. The number of urea groups is 1. The van der Waals surface area contributed by atoms with E-state index in [2.05, 4.69) is 16.4 Å². The third-order valence-electron chi connectivity index (χ3n) is 4.76. The molecular weight excluding hydrogens is 386 g/mol. The molecule has 6 nitrogen and oxygen atoms in total. The lowest BCUT2D eigenvalue weighted by Crippen LogP contribution is -2.45. The number of carbonyl (C=O) groups excluding carboxylic acids is 1. The number of thiazole rings is 1. The van der Waals surface area contributed by atoms with E-state index >= 15 is 0 Å². The summed E-state index contributed by atoms with van der Waals surface area (Å²) in [6, 6.07) is 19.3. The first-order chi connectivity index (χ1) is 13.9. The van der Waals surface area contributed by atoms with Gasteiger partial charge in [0.1, 0.15) is 17.4 Å². The fraction of sp³-hybridized carbons (Fsp3) is 0.182. The Hall–Kier alpha value is -3.16. The van der Waals surface area contributed by atoms with Gasteiger partial charge in [0.25, 0.3) is 0 Å². The summed E-state index contributed by atoms with van der Waals surface area (Å²) in [5.41, 5.74) is 2.89. The van der Waals surface area contributed by atoms with E-state index in [1.54, 1.807) is 16.8 Å². The second-order valence-corrected chi connectivity index (χ2v) is 8.39. The lowest BCUT2D eigenvalue weighted by molar-refractivity contribution is 0.154. The molecule has 3 N–H and O–H groups in total. The van der Waals surface area contributed by atoms with Crippen molar-refractivity contribution >= 4 is 38.4 Å². The summed E-state index contributed by atoms with van der Waals surface area (Å²) in [6.07, 6.45) is 0. The molecule has 0 aliphatic carbocycles. The topological polar surface area (TPSA) is 83.5 Å². The molecule has 0 spiro atoms. The highest BCUT2D eigenvalue weighted by atomic mass is 32.1. The molecule has 4 rings (SSSR count). The maximum atomic E-state index is 11.5. The first kappa shape index (κ1) is 19.2. The predicted octanol–water partition coefficient (Wildman–Crippen LogP) is 4.95. The molecule has 0 atom stereocenters. The molecule has 1 heterocycles. The molecule has 1 aromatic heterocycles. The van der Waals surface area contributed by atoms with Crippen molar-refractivity contribution in [2.45, 2.75) is 26.0 Å². The van der Waals surface area contributed by atoms with Crippen LogP contribution in [0.2, 0.25) is 0 Å². The molecule has 3 aromatic carbocycles. The summed E-state index contributed by atoms with van der Waals surface area (Å²) >= 11 is 1.64. The Labute approximate surface area is 172 Å². The summed E-state index contributed by atoms with van der Waals surface area (Å²) in [6.45, 7) is 4.17. The number of hydrogen-bond donors (Lipinski definition) is 3. The van der Waals surface area contributed by atoms with Crippen molar-refractivity contribution < 1.29 is 14.7 Å². The first-order valence-electron chi connectivity index (χ1n) is 9.18. The number of nitrogens with zero attached hydrogens (tertiary/aromatic N) is 1. The second-order valence-electron chi connectivity index (χ2n) is 7.28. The van der Waals surface area contributed by atoms with E-state index in [0.717, 1.165) is 37.3 Å². The van der Waals surface area contributed by atoms with E-state index in [0.29, 0.717) is 6.61 Å². The molecule has 0 aliphatic heterocycles. The number of ether oxygens (including phenoxy) is 1. The van der Waals surface area contributed by atoms with Crippen LogP contribution in [-0.4, -0.2) is 16.2 Å². The van der Waals surface area contributed by atoms with Crippen molar-refractivity contribution in [2.24, 2.45) is 0 Å². The van der Waals surface area contributed by atoms with Gasteiger partial charge in [-0.15, -0.1) is 11.3 Å². The van der Waals surface area contributed by atoms with Gasteiger partial charge in [0.15, 0.2) is 0 Å². The number of fused-ring (bicyclic) bond motifs is 2. The number of hydrogen-bond acceptors (Lipinski definition) is 5. The highest BCUT2D eigenvalue weighted by molar-refractivity contribution is 7.18. The quantitative estimate of drug-likeness (QED) is 0.323. The van der Waals surface area contributed by atoms with E-state index in [1.807, 2.05) is 68.4 Å². The highest BCUT2D eigenvalue weighted by Crippen LogP contribution is 2.28. The van der Waals surface area contributed by atoms with Crippen LogP contribution in [0.3, 0.4) is 0 Å². The lowest BCUT2D eigenvalue weighted by atomic mass is 9.92. The maximum Gasteiger partial charge on any atom is 0.339 e. The number of nitrogens with one attached hydrogen (secondary N) is 2. The zero-order valence-electron chi connectivity index (χ0n) is 16.1. The van der Waals surface area contributed by atoms with Gasteiger partial charge in [-0.25, -0.2) is 15.3 Å². The summed E-state index contributed by atoms with van der Waals surface area (Å²) in [4.78, 5) is 16.1. The molecule has 4 aromatic rings. The summed E-state index contributed by atoms with van der Waals surface area (Å²) < 4.78 is 7.11. The molecule has 148 valence electrons. The van der Waals surface area contributed by atoms with Crippen molar-refractivity contribution in [2.75, 3.05) is 0 Å². The van der Waals surface area contributed by atoms with Gasteiger partial charge in [0.05, 0.1) is 15.8 Å². The molecule has 0 saturated heterocycles. The van der Waals surface area contributed by atoms with E-state index in [-0.39, 0.29) is 0 Å². The number of benzene rings is 3. The van der Waals surface area contributed by atoms with Crippen LogP contribution in [0.4, 0.5) is 4.79 Å². The van der Waals surface area contributed by atoms with Gasteiger partial charge >= 0.3 is 6.03 Å². The Bertz CT molecular complexity index is 1150. The van der Waals surface area contributed by atoms with Crippen LogP contribution >= 0.6 is 11.3 Å². The van der Waals surface area contributed by atoms with Crippen molar-refractivity contribution in [3.8, 4) is 5.75 Å². The van der Waals surface area contributed by atoms with E-state index in [9.17, 15) is 4.79 Å². The Morgan fingerprint density at radius 2 is 1.86 bits per heavy atom. The SMILES string of the molecule is CC(C)(NC(=O)NO)c1ccc2cc(OCc3nc4ccccc4s3)ccc2c1. The predicted molar refractivity (Wildman–Crippen MR) is 114 cm³/mol. The standard InChI is InChI=1S/C22H21N3O3S/c1-22(2,24-21(26)25-27)16-9-7-15-12-17(10-8-14(15)11-16)28-13-20-23-18-5-3-4-6-19(18)29-20/h3-12,27H,13H2,1-2H3,(H2,24,25,26). The zero-order chi connectivity index (χ0) is 20.4. The van der Waals surface area contributed by atoms with Gasteiger partial charge in [-0.3, -0.25) is 5.21 Å². The molecule has 0 saturated carbocycles. The van der Waals surface area contributed by atoms with Gasteiger partial charge in [0.2, 0.25) is 0 Å². The van der Waals surface area contributed by atoms with E-state index < -0.39 is 11.6 Å². The number of aromatic nitrogens is 1. The molecule has 0 bridgehead atoms. The third kappa shape index (κ3) is 4.16. The van der Waals surface area contributed by atoms with Gasteiger partial charge in [-0.05, 0) is 60.5 Å². The van der Waals surface area contributed by atoms with Crippen LogP contribution in [0.5, 0.6) is 5.75 Å². The van der Waals surface area contributed by atoms with Gasteiger partial charge in [0, 0.05) is 0 Å². The molecule has 29 heavy (non-hydrogen) atoms. The lowest BCUT2D eigenvalue weighted by Gasteiger charge is -2.26. The Balaban J connectivity index is 1.51. The normalized spacial score (nSPS) is 11.6.